The Labute approximate surface area is 131 Å². The first-order valence-electron chi connectivity index (χ1n) is 7.42. The van der Waals surface area contributed by atoms with Gasteiger partial charge in [-0.25, -0.2) is 0 Å². The smallest absolute Gasteiger partial charge is 0.220 e. The number of aryl methyl sites for hydroxylation is 3. The molecule has 0 radical (unpaired) electrons. The van der Waals surface area contributed by atoms with Gasteiger partial charge in [0.2, 0.25) is 5.91 Å². The highest BCUT2D eigenvalue weighted by Crippen LogP contribution is 2.19. The van der Waals surface area contributed by atoms with Gasteiger partial charge in [0.25, 0.3) is 0 Å². The zero-order valence-electron chi connectivity index (χ0n) is 13.3. The van der Waals surface area contributed by atoms with Crippen molar-refractivity contribution in [2.75, 3.05) is 6.54 Å². The summed E-state index contributed by atoms with van der Waals surface area (Å²) in [4.78, 5) is 12.0. The van der Waals surface area contributed by atoms with Crippen molar-refractivity contribution < 1.29 is 9.90 Å². The third-order valence-corrected chi connectivity index (χ3v) is 3.76. The highest BCUT2D eigenvalue weighted by Gasteiger charge is 2.23. The van der Waals surface area contributed by atoms with E-state index in [0.717, 1.165) is 16.8 Å². The molecule has 0 aliphatic rings. The third kappa shape index (κ3) is 4.18. The molecule has 2 N–H and O–H groups in total. The first kappa shape index (κ1) is 16.2. The standard InChI is InChI=1S/C17H23N3O2/c1-13-14(11-20(3)19-13)9-10-16(21)18-12-17(2,22)15-7-5-4-6-8-15/h4-8,11,22H,9-10,12H2,1-3H3,(H,18,21). The van der Waals surface area contributed by atoms with Gasteiger partial charge in [0.05, 0.1) is 12.2 Å². The summed E-state index contributed by atoms with van der Waals surface area (Å²) in [7, 11) is 1.87. The van der Waals surface area contributed by atoms with E-state index in [-0.39, 0.29) is 12.5 Å². The van der Waals surface area contributed by atoms with Crippen LogP contribution in [0, 0.1) is 6.92 Å². The molecule has 0 aliphatic heterocycles. The number of amides is 1. The van der Waals surface area contributed by atoms with Gasteiger partial charge >= 0.3 is 0 Å². The molecule has 5 nitrogen and oxygen atoms in total. The van der Waals surface area contributed by atoms with E-state index in [2.05, 4.69) is 10.4 Å². The Morgan fingerprint density at radius 3 is 2.64 bits per heavy atom. The van der Waals surface area contributed by atoms with Crippen molar-refractivity contribution in [2.45, 2.75) is 32.3 Å². The van der Waals surface area contributed by atoms with Gasteiger partial charge in [-0.1, -0.05) is 30.3 Å². The molecule has 1 amide bonds. The molecule has 0 aliphatic carbocycles. The molecule has 1 atom stereocenters. The predicted octanol–water partition coefficient (Wildman–Crippen LogP) is 1.69. The monoisotopic (exact) mass is 301 g/mol. The number of carbonyl (C=O) groups excluding carboxylic acids is 1. The second-order valence-electron chi connectivity index (χ2n) is 5.83. The SMILES string of the molecule is Cc1nn(C)cc1CCC(=O)NCC(C)(O)c1ccccc1. The van der Waals surface area contributed by atoms with Crippen molar-refractivity contribution in [2.24, 2.45) is 7.05 Å². The van der Waals surface area contributed by atoms with Gasteiger partial charge in [-0.3, -0.25) is 9.48 Å². The molecule has 1 aromatic heterocycles. The van der Waals surface area contributed by atoms with E-state index < -0.39 is 5.60 Å². The van der Waals surface area contributed by atoms with Gasteiger partial charge < -0.3 is 10.4 Å². The van der Waals surface area contributed by atoms with Crippen molar-refractivity contribution in [3.63, 3.8) is 0 Å². The first-order valence-corrected chi connectivity index (χ1v) is 7.42. The molecule has 0 saturated heterocycles. The highest BCUT2D eigenvalue weighted by atomic mass is 16.3. The van der Waals surface area contributed by atoms with Gasteiger partial charge in [0, 0.05) is 19.7 Å². The minimum absolute atomic E-state index is 0.0699. The number of carbonyl (C=O) groups is 1. The maximum absolute atomic E-state index is 12.0. The van der Waals surface area contributed by atoms with E-state index in [1.165, 1.54) is 0 Å². The largest absolute Gasteiger partial charge is 0.384 e. The number of aromatic nitrogens is 2. The lowest BCUT2D eigenvalue weighted by molar-refractivity contribution is -0.122. The summed E-state index contributed by atoms with van der Waals surface area (Å²) in [6.07, 6.45) is 2.97. The van der Waals surface area contributed by atoms with Gasteiger partial charge in [-0.05, 0) is 31.4 Å². The van der Waals surface area contributed by atoms with Gasteiger partial charge in [-0.2, -0.15) is 5.10 Å². The molecular weight excluding hydrogens is 278 g/mol. The van der Waals surface area contributed by atoms with Crippen LogP contribution in [0.25, 0.3) is 0 Å². The molecule has 2 aromatic rings. The Morgan fingerprint density at radius 1 is 1.36 bits per heavy atom. The van der Waals surface area contributed by atoms with E-state index in [1.54, 1.807) is 11.6 Å². The average Bonchev–Trinajstić information content (AvgIpc) is 2.82. The molecular formula is C17H23N3O2. The highest BCUT2D eigenvalue weighted by molar-refractivity contribution is 5.76. The van der Waals surface area contributed by atoms with Crippen LogP contribution in [0.2, 0.25) is 0 Å². The normalized spacial score (nSPS) is 13.6. The van der Waals surface area contributed by atoms with Crippen LogP contribution in [0.5, 0.6) is 0 Å². The van der Waals surface area contributed by atoms with Crippen molar-refractivity contribution in [3.05, 3.63) is 53.3 Å². The Hall–Kier alpha value is -2.14. The average molecular weight is 301 g/mol. The fourth-order valence-corrected chi connectivity index (χ4v) is 2.40. The molecule has 5 heteroatoms. The van der Waals surface area contributed by atoms with Crippen LogP contribution in [0.3, 0.4) is 0 Å². The second-order valence-corrected chi connectivity index (χ2v) is 5.83. The van der Waals surface area contributed by atoms with Crippen LogP contribution in [0.4, 0.5) is 0 Å². The van der Waals surface area contributed by atoms with Crippen LogP contribution < -0.4 is 5.32 Å². The number of hydrogen-bond acceptors (Lipinski definition) is 3. The van der Waals surface area contributed by atoms with Crippen LogP contribution in [0.15, 0.2) is 36.5 Å². The van der Waals surface area contributed by atoms with Crippen molar-refractivity contribution >= 4 is 5.91 Å². The molecule has 0 spiro atoms. The van der Waals surface area contributed by atoms with Crippen molar-refractivity contribution in [1.29, 1.82) is 0 Å². The van der Waals surface area contributed by atoms with E-state index >= 15 is 0 Å². The Bertz CT molecular complexity index is 633. The van der Waals surface area contributed by atoms with Crippen molar-refractivity contribution in [3.8, 4) is 0 Å². The minimum Gasteiger partial charge on any atom is -0.384 e. The number of hydrogen-bond donors (Lipinski definition) is 2. The van der Waals surface area contributed by atoms with E-state index in [1.807, 2.05) is 50.5 Å². The lowest BCUT2D eigenvalue weighted by Gasteiger charge is -2.24. The van der Waals surface area contributed by atoms with E-state index in [0.29, 0.717) is 12.8 Å². The lowest BCUT2D eigenvalue weighted by atomic mass is 9.96. The fourth-order valence-electron chi connectivity index (χ4n) is 2.40. The quantitative estimate of drug-likeness (QED) is 0.853. The zero-order chi connectivity index (χ0) is 16.2. The van der Waals surface area contributed by atoms with Crippen LogP contribution in [-0.4, -0.2) is 27.3 Å². The summed E-state index contributed by atoms with van der Waals surface area (Å²) in [5.74, 6) is -0.0699. The number of benzene rings is 1. The molecule has 0 bridgehead atoms. The van der Waals surface area contributed by atoms with Crippen LogP contribution in [0.1, 0.15) is 30.2 Å². The van der Waals surface area contributed by atoms with Gasteiger partial charge in [-0.15, -0.1) is 0 Å². The number of rotatable bonds is 6. The summed E-state index contributed by atoms with van der Waals surface area (Å²) < 4.78 is 1.75. The molecule has 2 rings (SSSR count). The summed E-state index contributed by atoms with van der Waals surface area (Å²) >= 11 is 0. The first-order chi connectivity index (χ1) is 10.4. The molecule has 0 saturated carbocycles. The van der Waals surface area contributed by atoms with Crippen LogP contribution >= 0.6 is 0 Å². The fraction of sp³-hybridized carbons (Fsp3) is 0.412. The summed E-state index contributed by atoms with van der Waals surface area (Å²) in [5, 5.41) is 17.5. The second kappa shape index (κ2) is 6.75. The molecule has 1 heterocycles. The Balaban J connectivity index is 1.84. The molecule has 118 valence electrons. The Kier molecular flexibility index (Phi) is 4.98. The molecule has 0 fully saturated rings. The number of nitrogens with zero attached hydrogens (tertiary/aromatic N) is 2. The Morgan fingerprint density at radius 2 is 2.05 bits per heavy atom. The molecule has 1 unspecified atom stereocenters. The summed E-state index contributed by atoms with van der Waals surface area (Å²) in [5.41, 5.74) is 1.75. The molecule has 1 aromatic carbocycles. The van der Waals surface area contributed by atoms with E-state index in [9.17, 15) is 9.90 Å². The lowest BCUT2D eigenvalue weighted by Crippen LogP contribution is -2.38. The topological polar surface area (TPSA) is 67.2 Å². The van der Waals surface area contributed by atoms with Crippen LogP contribution in [-0.2, 0) is 23.9 Å². The third-order valence-electron chi connectivity index (χ3n) is 3.76. The molecule has 22 heavy (non-hydrogen) atoms. The number of nitrogens with one attached hydrogen (secondary N) is 1. The van der Waals surface area contributed by atoms with Gasteiger partial charge in [0.15, 0.2) is 0 Å². The maximum Gasteiger partial charge on any atom is 0.220 e. The number of aliphatic hydroxyl groups is 1. The minimum atomic E-state index is -1.07. The summed E-state index contributed by atoms with van der Waals surface area (Å²) in [6.45, 7) is 3.84. The van der Waals surface area contributed by atoms with E-state index in [4.69, 9.17) is 0 Å². The maximum atomic E-state index is 12.0. The van der Waals surface area contributed by atoms with Crippen molar-refractivity contribution in [1.82, 2.24) is 15.1 Å². The summed E-state index contributed by atoms with van der Waals surface area (Å²) in [6, 6.07) is 9.35. The zero-order valence-corrected chi connectivity index (χ0v) is 13.3. The predicted molar refractivity (Wildman–Crippen MR) is 85.3 cm³/mol. The van der Waals surface area contributed by atoms with Gasteiger partial charge in [0.1, 0.15) is 5.60 Å².